The quantitative estimate of drug-likeness (QED) is 0.532. The van der Waals surface area contributed by atoms with Gasteiger partial charge in [-0.25, -0.2) is 10.4 Å². The molecule has 72 valence electrons. The third-order valence-corrected chi connectivity index (χ3v) is 2.14. The Morgan fingerprint density at radius 3 is 2.77 bits per heavy atom. The molecule has 0 aromatic heterocycles. The Labute approximate surface area is 77.5 Å². The van der Waals surface area contributed by atoms with Gasteiger partial charge in [-0.05, 0) is 25.7 Å². The van der Waals surface area contributed by atoms with Crippen LogP contribution in [0.15, 0.2) is 4.99 Å². The molecule has 0 heterocycles. The zero-order valence-electron chi connectivity index (χ0n) is 7.58. The van der Waals surface area contributed by atoms with Crippen molar-refractivity contribution in [2.75, 3.05) is 6.54 Å². The van der Waals surface area contributed by atoms with E-state index in [1.54, 1.807) is 0 Å². The molecule has 1 fully saturated rings. The fourth-order valence-electron chi connectivity index (χ4n) is 1.51. The minimum atomic E-state index is -0.341. The summed E-state index contributed by atoms with van der Waals surface area (Å²) in [5, 5.41) is 6.49. The fraction of sp³-hybridized carbons (Fsp3) is 0.778. The third-order valence-electron chi connectivity index (χ3n) is 2.14. The first-order valence-corrected chi connectivity index (χ1v) is 4.60. The Balaban J connectivity index is 2.21. The van der Waals surface area contributed by atoms with Gasteiger partial charge >= 0.3 is 5.97 Å². The molecule has 0 aromatic carbocycles. The van der Waals surface area contributed by atoms with Crippen LogP contribution in [-0.4, -0.2) is 24.6 Å². The molecule has 0 radical (unpaired) electrons. The van der Waals surface area contributed by atoms with Gasteiger partial charge in [-0.15, -0.1) is 0 Å². The van der Waals surface area contributed by atoms with Gasteiger partial charge < -0.3 is 4.74 Å². The largest absolute Gasteiger partial charge is 0.461 e. The molecule has 4 nitrogen and oxygen atoms in total. The maximum absolute atomic E-state index is 11.0. The van der Waals surface area contributed by atoms with E-state index in [4.69, 9.17) is 10.1 Å². The molecule has 0 unspecified atom stereocenters. The van der Waals surface area contributed by atoms with Crippen LogP contribution in [0.1, 0.15) is 32.1 Å². The zero-order valence-corrected chi connectivity index (χ0v) is 7.58. The van der Waals surface area contributed by atoms with Crippen molar-refractivity contribution in [3.05, 3.63) is 0 Å². The highest BCUT2D eigenvalue weighted by Crippen LogP contribution is 2.20. The number of hydrogen-bond acceptors (Lipinski definition) is 4. The lowest BCUT2D eigenvalue weighted by Gasteiger charge is -2.21. The molecule has 0 spiro atoms. The van der Waals surface area contributed by atoms with Crippen LogP contribution in [0.5, 0.6) is 0 Å². The molecule has 0 atom stereocenters. The minimum absolute atomic E-state index is 0.0694. The smallest absolute Gasteiger partial charge is 0.328 e. The lowest BCUT2D eigenvalue weighted by Crippen LogP contribution is -2.22. The van der Waals surface area contributed by atoms with E-state index in [1.807, 2.05) is 6.01 Å². The van der Waals surface area contributed by atoms with Gasteiger partial charge in [-0.1, -0.05) is 6.42 Å². The number of carbonyl (C=O) groups is 1. The minimum Gasteiger partial charge on any atom is -0.461 e. The Kier molecular flexibility index (Phi) is 4.19. The van der Waals surface area contributed by atoms with Crippen LogP contribution < -0.4 is 0 Å². The first kappa shape index (κ1) is 9.93. The summed E-state index contributed by atoms with van der Waals surface area (Å²) >= 11 is 0. The average molecular weight is 182 g/mol. The van der Waals surface area contributed by atoms with Crippen molar-refractivity contribution in [2.24, 2.45) is 4.99 Å². The molecular weight excluding hydrogens is 168 g/mol. The summed E-state index contributed by atoms with van der Waals surface area (Å²) in [6.07, 6.45) is 5.56. The number of rotatable bonds is 3. The van der Waals surface area contributed by atoms with Crippen LogP contribution in [0.2, 0.25) is 0 Å². The van der Waals surface area contributed by atoms with E-state index in [9.17, 15) is 4.79 Å². The van der Waals surface area contributed by atoms with Crippen molar-refractivity contribution in [3.63, 3.8) is 0 Å². The molecule has 1 aliphatic rings. The monoisotopic (exact) mass is 182 g/mol. The number of hydrogen-bond donors (Lipinski definition) is 1. The lowest BCUT2D eigenvalue weighted by molar-refractivity contribution is -0.148. The van der Waals surface area contributed by atoms with Gasteiger partial charge in [0.1, 0.15) is 12.6 Å². The van der Waals surface area contributed by atoms with E-state index < -0.39 is 0 Å². The molecule has 0 aliphatic heterocycles. The Hall–Kier alpha value is -1.15. The average Bonchev–Trinajstić information content (AvgIpc) is 2.16. The number of aliphatic imine (C=N–C) groups is 1. The number of nitrogens with one attached hydrogen (secondary N) is 1. The van der Waals surface area contributed by atoms with Gasteiger partial charge in [-0.3, -0.25) is 4.79 Å². The molecular formula is C9H14N2O2. The van der Waals surface area contributed by atoms with E-state index in [2.05, 4.69) is 4.99 Å². The predicted octanol–water partition coefficient (Wildman–Crippen LogP) is 1.61. The highest BCUT2D eigenvalue weighted by atomic mass is 16.5. The van der Waals surface area contributed by atoms with Gasteiger partial charge in [-0.2, -0.15) is 0 Å². The summed E-state index contributed by atoms with van der Waals surface area (Å²) in [6, 6.07) is 1.81. The van der Waals surface area contributed by atoms with E-state index in [-0.39, 0.29) is 18.6 Å². The van der Waals surface area contributed by atoms with Crippen molar-refractivity contribution in [1.82, 2.24) is 0 Å². The molecule has 0 bridgehead atoms. The van der Waals surface area contributed by atoms with Crippen LogP contribution in [0.3, 0.4) is 0 Å². The van der Waals surface area contributed by atoms with Gasteiger partial charge in [0, 0.05) is 0 Å². The van der Waals surface area contributed by atoms with Crippen LogP contribution in [-0.2, 0) is 9.53 Å². The second-order valence-corrected chi connectivity index (χ2v) is 3.18. The van der Waals surface area contributed by atoms with E-state index in [0.29, 0.717) is 0 Å². The topological polar surface area (TPSA) is 62.5 Å². The maximum Gasteiger partial charge on any atom is 0.328 e. The standard InChI is InChI=1S/C9H14N2O2/c10-7-11-6-9(12)13-8-4-2-1-3-5-8/h8,10H,1-6H2. The predicted molar refractivity (Wildman–Crippen MR) is 48.0 cm³/mol. The van der Waals surface area contributed by atoms with Crippen molar-refractivity contribution in [3.8, 4) is 0 Å². The Bertz CT molecular complexity index is 216. The highest BCUT2D eigenvalue weighted by molar-refractivity contribution is 5.72. The molecule has 1 saturated carbocycles. The van der Waals surface area contributed by atoms with E-state index in [0.717, 1.165) is 25.7 Å². The van der Waals surface area contributed by atoms with Gasteiger partial charge in [0.25, 0.3) is 0 Å². The SMILES string of the molecule is N=C=NCC(=O)OC1CCCCC1. The van der Waals surface area contributed by atoms with Crippen LogP contribution in [0.4, 0.5) is 0 Å². The van der Waals surface area contributed by atoms with Gasteiger partial charge in [0.05, 0.1) is 6.01 Å². The van der Waals surface area contributed by atoms with Crippen molar-refractivity contribution in [1.29, 1.82) is 5.41 Å². The number of carbonyl (C=O) groups excluding carboxylic acids is 1. The number of nitrogens with zero attached hydrogens (tertiary/aromatic N) is 1. The second-order valence-electron chi connectivity index (χ2n) is 3.18. The molecule has 0 amide bonds. The highest BCUT2D eigenvalue weighted by Gasteiger charge is 2.16. The van der Waals surface area contributed by atoms with E-state index >= 15 is 0 Å². The summed E-state index contributed by atoms with van der Waals surface area (Å²) in [5.41, 5.74) is 0. The van der Waals surface area contributed by atoms with E-state index in [1.165, 1.54) is 6.42 Å². The fourth-order valence-corrected chi connectivity index (χ4v) is 1.51. The zero-order chi connectivity index (χ0) is 9.52. The van der Waals surface area contributed by atoms with Gasteiger partial charge in [0.15, 0.2) is 0 Å². The summed E-state index contributed by atoms with van der Waals surface area (Å²) in [5.74, 6) is -0.341. The normalized spacial score (nSPS) is 17.5. The lowest BCUT2D eigenvalue weighted by atomic mass is 9.98. The third kappa shape index (κ3) is 3.85. The first-order chi connectivity index (χ1) is 6.33. The molecule has 1 aliphatic carbocycles. The maximum atomic E-state index is 11.0. The second kappa shape index (κ2) is 5.49. The van der Waals surface area contributed by atoms with Crippen LogP contribution in [0.25, 0.3) is 0 Å². The molecule has 13 heavy (non-hydrogen) atoms. The molecule has 4 heteroatoms. The summed E-state index contributed by atoms with van der Waals surface area (Å²) in [7, 11) is 0. The molecule has 1 N–H and O–H groups in total. The molecule has 1 rings (SSSR count). The summed E-state index contributed by atoms with van der Waals surface area (Å²) in [4.78, 5) is 14.4. The summed E-state index contributed by atoms with van der Waals surface area (Å²) < 4.78 is 5.14. The Morgan fingerprint density at radius 2 is 2.15 bits per heavy atom. The molecule has 0 aromatic rings. The van der Waals surface area contributed by atoms with Crippen LogP contribution in [0, 0.1) is 5.41 Å². The number of esters is 1. The molecule has 0 saturated heterocycles. The number of ether oxygens (including phenoxy) is 1. The van der Waals surface area contributed by atoms with Crippen molar-refractivity contribution in [2.45, 2.75) is 38.2 Å². The first-order valence-electron chi connectivity index (χ1n) is 4.60. The van der Waals surface area contributed by atoms with Crippen molar-refractivity contribution >= 4 is 12.0 Å². The van der Waals surface area contributed by atoms with Crippen molar-refractivity contribution < 1.29 is 9.53 Å². The Morgan fingerprint density at radius 1 is 1.46 bits per heavy atom. The van der Waals surface area contributed by atoms with Crippen LogP contribution >= 0.6 is 0 Å². The summed E-state index contributed by atoms with van der Waals surface area (Å²) in [6.45, 7) is -0.0694. The van der Waals surface area contributed by atoms with Gasteiger partial charge in [0.2, 0.25) is 0 Å².